The molecular formula is C6H10O2. The van der Waals surface area contributed by atoms with E-state index < -0.39 is 0 Å². The Labute approximate surface area is 48.8 Å². The number of hydrogen-bond acceptors (Lipinski definition) is 2. The third-order valence-electron chi connectivity index (χ3n) is 1.15. The normalized spacial score (nSPS) is 28.4. The molecule has 46 valence electrons. The monoisotopic (exact) mass is 114 g/mol. The predicted octanol–water partition coefficient (Wildman–Crippen LogP) is 0.324. The second-order valence-corrected chi connectivity index (χ2v) is 1.81. The molecule has 1 N–H and O–H groups in total. The van der Waals surface area contributed by atoms with E-state index >= 15 is 0 Å². The van der Waals surface area contributed by atoms with Gasteiger partial charge in [-0.3, -0.25) is 0 Å². The Balaban J connectivity index is 2.32. The molecule has 1 aliphatic heterocycles. The minimum absolute atomic E-state index is 0.0382. The van der Waals surface area contributed by atoms with Crippen LogP contribution in [-0.4, -0.2) is 24.4 Å². The topological polar surface area (TPSA) is 29.5 Å². The van der Waals surface area contributed by atoms with Gasteiger partial charge in [-0.05, 0) is 6.42 Å². The van der Waals surface area contributed by atoms with Crippen molar-refractivity contribution in [2.75, 3.05) is 13.2 Å². The number of ether oxygens (including phenoxy) is 1. The largest absolute Gasteiger partial charge is 0.393 e. The van der Waals surface area contributed by atoms with Crippen molar-refractivity contribution < 1.29 is 9.84 Å². The predicted molar refractivity (Wildman–Crippen MR) is 30.6 cm³/mol. The third-order valence-corrected chi connectivity index (χ3v) is 1.15. The molecule has 2 heteroatoms. The number of hydrogen-bond donors (Lipinski definition) is 1. The first-order valence-electron chi connectivity index (χ1n) is 2.82. The highest BCUT2D eigenvalue weighted by Gasteiger charge is 2.04. The second kappa shape index (κ2) is 2.84. The van der Waals surface area contributed by atoms with Crippen LogP contribution in [0.4, 0.5) is 0 Å². The lowest BCUT2D eigenvalue weighted by Gasteiger charge is -2.13. The lowest BCUT2D eigenvalue weighted by molar-refractivity contribution is 0.0383. The molecule has 2 nitrogen and oxygen atoms in total. The molecule has 1 aliphatic rings. The fourth-order valence-corrected chi connectivity index (χ4v) is 0.705. The molecule has 8 heavy (non-hydrogen) atoms. The van der Waals surface area contributed by atoms with E-state index in [1.54, 1.807) is 0 Å². The van der Waals surface area contributed by atoms with Gasteiger partial charge in [0.15, 0.2) is 0 Å². The molecule has 0 radical (unpaired) electrons. The zero-order valence-electron chi connectivity index (χ0n) is 4.71. The molecule has 0 aromatic heterocycles. The molecule has 0 unspecified atom stereocenters. The highest BCUT2D eigenvalue weighted by molar-refractivity contribution is 4.92. The molecule has 1 heterocycles. The Hall–Kier alpha value is -0.340. The van der Waals surface area contributed by atoms with Gasteiger partial charge in [0.2, 0.25) is 0 Å². The molecule has 0 amide bonds. The van der Waals surface area contributed by atoms with Gasteiger partial charge in [-0.2, -0.15) is 0 Å². The van der Waals surface area contributed by atoms with Crippen LogP contribution in [0.15, 0.2) is 12.2 Å². The Kier molecular flexibility index (Phi) is 2.06. The number of aliphatic hydroxyl groups excluding tert-OH is 1. The van der Waals surface area contributed by atoms with Gasteiger partial charge >= 0.3 is 0 Å². The van der Waals surface area contributed by atoms with Crippen LogP contribution < -0.4 is 0 Å². The lowest BCUT2D eigenvalue weighted by Crippen LogP contribution is -2.17. The second-order valence-electron chi connectivity index (χ2n) is 1.81. The quantitative estimate of drug-likeness (QED) is 0.497. The molecule has 0 aliphatic carbocycles. The highest BCUT2D eigenvalue weighted by atomic mass is 16.5. The van der Waals surface area contributed by atoms with Crippen LogP contribution in [0, 0.1) is 0 Å². The van der Waals surface area contributed by atoms with E-state index in [2.05, 4.69) is 0 Å². The van der Waals surface area contributed by atoms with Gasteiger partial charge in [0, 0.05) is 0 Å². The molecule has 0 aromatic rings. The molecular weight excluding hydrogens is 104 g/mol. The summed E-state index contributed by atoms with van der Waals surface area (Å²) >= 11 is 0. The van der Waals surface area contributed by atoms with Crippen LogP contribution in [0.25, 0.3) is 0 Å². The van der Waals surface area contributed by atoms with Gasteiger partial charge in [-0.25, -0.2) is 0 Å². The van der Waals surface area contributed by atoms with E-state index in [4.69, 9.17) is 9.84 Å². The summed E-state index contributed by atoms with van der Waals surface area (Å²) in [5, 5.41) is 8.51. The Morgan fingerprint density at radius 2 is 2.62 bits per heavy atom. The standard InChI is InChI=1S/C6H10O2/c7-5-6-3-1-2-4-8-6/h1,3,6-7H,2,4-5H2/t6-/m0/s1. The summed E-state index contributed by atoms with van der Waals surface area (Å²) in [6.07, 6.45) is 4.87. The summed E-state index contributed by atoms with van der Waals surface area (Å²) in [7, 11) is 0. The van der Waals surface area contributed by atoms with Crippen LogP contribution in [0.2, 0.25) is 0 Å². The van der Waals surface area contributed by atoms with E-state index in [9.17, 15) is 0 Å². The molecule has 1 atom stereocenters. The van der Waals surface area contributed by atoms with E-state index in [0.717, 1.165) is 13.0 Å². The minimum atomic E-state index is -0.0382. The van der Waals surface area contributed by atoms with E-state index in [1.165, 1.54) is 0 Å². The summed E-state index contributed by atoms with van der Waals surface area (Å²) in [5.74, 6) is 0. The van der Waals surface area contributed by atoms with Crippen molar-refractivity contribution in [2.45, 2.75) is 12.5 Å². The molecule has 0 spiro atoms. The number of rotatable bonds is 1. The first-order chi connectivity index (χ1) is 3.93. The van der Waals surface area contributed by atoms with Gasteiger partial charge in [0.05, 0.1) is 19.3 Å². The molecule has 0 fully saturated rings. The zero-order valence-corrected chi connectivity index (χ0v) is 4.71. The average molecular weight is 114 g/mol. The van der Waals surface area contributed by atoms with Crippen LogP contribution in [0.3, 0.4) is 0 Å². The summed E-state index contributed by atoms with van der Waals surface area (Å²) in [5.41, 5.74) is 0. The van der Waals surface area contributed by atoms with Crippen LogP contribution in [0.5, 0.6) is 0 Å². The van der Waals surface area contributed by atoms with Crippen molar-refractivity contribution in [3.63, 3.8) is 0 Å². The van der Waals surface area contributed by atoms with E-state index in [1.807, 2.05) is 12.2 Å². The van der Waals surface area contributed by atoms with Gasteiger partial charge in [0.25, 0.3) is 0 Å². The average Bonchev–Trinajstić information content (AvgIpc) is 1.90. The van der Waals surface area contributed by atoms with Gasteiger partial charge < -0.3 is 9.84 Å². The SMILES string of the molecule is OC[C@@H]1C=CCCO1. The molecule has 0 bridgehead atoms. The lowest BCUT2D eigenvalue weighted by atomic mass is 10.2. The highest BCUT2D eigenvalue weighted by Crippen LogP contribution is 2.01. The molecule has 0 saturated carbocycles. The van der Waals surface area contributed by atoms with Crippen molar-refractivity contribution in [3.8, 4) is 0 Å². The Bertz CT molecular complexity index is 88.5. The van der Waals surface area contributed by atoms with Crippen molar-refractivity contribution in [1.82, 2.24) is 0 Å². The van der Waals surface area contributed by atoms with Gasteiger partial charge in [-0.15, -0.1) is 0 Å². The van der Waals surface area contributed by atoms with Crippen molar-refractivity contribution in [1.29, 1.82) is 0 Å². The van der Waals surface area contributed by atoms with Crippen LogP contribution in [0.1, 0.15) is 6.42 Å². The van der Waals surface area contributed by atoms with E-state index in [0.29, 0.717) is 0 Å². The maximum atomic E-state index is 8.51. The first kappa shape index (κ1) is 5.79. The third kappa shape index (κ3) is 1.32. The van der Waals surface area contributed by atoms with Crippen molar-refractivity contribution in [2.24, 2.45) is 0 Å². The maximum Gasteiger partial charge on any atom is 0.0986 e. The van der Waals surface area contributed by atoms with Crippen LogP contribution >= 0.6 is 0 Å². The van der Waals surface area contributed by atoms with Gasteiger partial charge in [0.1, 0.15) is 0 Å². The Morgan fingerprint density at radius 1 is 1.75 bits per heavy atom. The fourth-order valence-electron chi connectivity index (χ4n) is 0.705. The number of aliphatic hydroxyl groups is 1. The summed E-state index contributed by atoms with van der Waals surface area (Å²) in [4.78, 5) is 0. The van der Waals surface area contributed by atoms with Gasteiger partial charge in [-0.1, -0.05) is 12.2 Å². The minimum Gasteiger partial charge on any atom is -0.393 e. The fraction of sp³-hybridized carbons (Fsp3) is 0.667. The molecule has 0 aromatic carbocycles. The summed E-state index contributed by atoms with van der Waals surface area (Å²) < 4.78 is 5.09. The van der Waals surface area contributed by atoms with Crippen molar-refractivity contribution >= 4 is 0 Å². The van der Waals surface area contributed by atoms with Crippen molar-refractivity contribution in [3.05, 3.63) is 12.2 Å². The first-order valence-corrected chi connectivity index (χ1v) is 2.82. The van der Waals surface area contributed by atoms with E-state index in [-0.39, 0.29) is 12.7 Å². The zero-order chi connectivity index (χ0) is 5.82. The van der Waals surface area contributed by atoms with Crippen LogP contribution in [-0.2, 0) is 4.74 Å². The maximum absolute atomic E-state index is 8.51. The summed E-state index contributed by atoms with van der Waals surface area (Å²) in [6.45, 7) is 0.859. The molecule has 0 saturated heterocycles. The smallest absolute Gasteiger partial charge is 0.0986 e. The summed E-state index contributed by atoms with van der Waals surface area (Å²) in [6, 6.07) is 0. The Morgan fingerprint density at radius 3 is 3.00 bits per heavy atom. The molecule has 1 rings (SSSR count).